The number of amides is 2. The van der Waals surface area contributed by atoms with Gasteiger partial charge in [0.2, 0.25) is 11.8 Å². The molecule has 0 spiro atoms. The number of ether oxygens (including phenoxy) is 2. The Kier molecular flexibility index (Phi) is 11.4. The fraction of sp³-hybridized carbons (Fsp3) is 0.324. The van der Waals surface area contributed by atoms with Crippen LogP contribution in [0.4, 0.5) is 15.8 Å². The minimum atomic E-state index is -0.437. The van der Waals surface area contributed by atoms with E-state index in [4.69, 9.17) is 32.7 Å². The Morgan fingerprint density at radius 3 is 2.14 bits per heavy atom. The van der Waals surface area contributed by atoms with E-state index in [1.807, 2.05) is 30.3 Å². The van der Waals surface area contributed by atoms with Crippen molar-refractivity contribution in [1.82, 2.24) is 26.3 Å². The van der Waals surface area contributed by atoms with Crippen molar-refractivity contribution in [3.05, 3.63) is 87.8 Å². The Labute approximate surface area is 300 Å². The number of carbonyl (C=O) groups is 2. The van der Waals surface area contributed by atoms with Crippen molar-refractivity contribution < 1.29 is 23.5 Å². The number of hydrogen-bond donors (Lipinski definition) is 5. The summed E-state index contributed by atoms with van der Waals surface area (Å²) in [6, 6.07) is 16.1. The van der Waals surface area contributed by atoms with Crippen LogP contribution in [0.3, 0.4) is 0 Å². The molecule has 2 atom stereocenters. The standard InChI is InChI=1S/C37H39Cl2FN6O4/c1-49-31-15-21(6-7-22(31)17-41-19-25-8-10-32(47)44-25)36-35(39)28(12-13-43-36)27-4-3-5-29(34(27)38)46-30-16-24(40)14-23(37(30)50-2)18-42-20-26-9-11-33(48)45-26/h3-7,12-16,25-26,41-42,46H,8-11,17-20H2,1-2H3,(H,44,47)(H,45,48). The van der Waals surface area contributed by atoms with Gasteiger partial charge in [-0.15, -0.1) is 0 Å². The van der Waals surface area contributed by atoms with Crippen molar-refractivity contribution in [3.63, 3.8) is 0 Å². The summed E-state index contributed by atoms with van der Waals surface area (Å²) in [5.74, 6) is 0.850. The molecule has 2 aliphatic rings. The highest BCUT2D eigenvalue weighted by atomic mass is 35.5. The number of carbonyl (C=O) groups excluding carboxylic acids is 2. The Bertz CT molecular complexity index is 1890. The van der Waals surface area contributed by atoms with Gasteiger partial charge in [0.1, 0.15) is 17.3 Å². The maximum Gasteiger partial charge on any atom is 0.220 e. The molecule has 2 fully saturated rings. The van der Waals surface area contributed by atoms with Crippen molar-refractivity contribution in [2.75, 3.05) is 32.6 Å². The molecule has 3 aromatic carbocycles. The summed E-state index contributed by atoms with van der Waals surface area (Å²) in [6.45, 7) is 2.15. The number of anilines is 2. The van der Waals surface area contributed by atoms with Crippen LogP contribution >= 0.6 is 23.2 Å². The van der Waals surface area contributed by atoms with Crippen LogP contribution in [0.1, 0.15) is 36.8 Å². The molecule has 0 bridgehead atoms. The van der Waals surface area contributed by atoms with Gasteiger partial charge >= 0.3 is 0 Å². The molecule has 2 unspecified atom stereocenters. The van der Waals surface area contributed by atoms with Gasteiger partial charge in [-0.05, 0) is 37.1 Å². The van der Waals surface area contributed by atoms with Gasteiger partial charge in [0.05, 0.1) is 41.3 Å². The highest BCUT2D eigenvalue weighted by Gasteiger charge is 2.22. The van der Waals surface area contributed by atoms with Crippen LogP contribution in [0, 0.1) is 5.82 Å². The lowest BCUT2D eigenvalue weighted by molar-refractivity contribution is -0.120. The van der Waals surface area contributed by atoms with E-state index in [9.17, 15) is 14.0 Å². The number of aromatic nitrogens is 1. The van der Waals surface area contributed by atoms with Crippen LogP contribution < -0.4 is 36.1 Å². The number of rotatable bonds is 14. The Hall–Kier alpha value is -4.42. The summed E-state index contributed by atoms with van der Waals surface area (Å²) in [4.78, 5) is 27.6. The van der Waals surface area contributed by atoms with Crippen molar-refractivity contribution in [1.29, 1.82) is 0 Å². The van der Waals surface area contributed by atoms with Gasteiger partial charge in [-0.3, -0.25) is 14.6 Å². The SMILES string of the molecule is COc1cc(-c2nccc(-c3cccc(Nc4cc(F)cc(CNCC5CCC(=O)N5)c4OC)c3Cl)c2Cl)ccc1CNCC1CCC(=O)N1. The third-order valence-electron chi connectivity index (χ3n) is 8.93. The molecule has 2 amide bonds. The number of pyridine rings is 1. The molecule has 262 valence electrons. The molecule has 5 N–H and O–H groups in total. The van der Waals surface area contributed by atoms with Crippen molar-refractivity contribution in [2.24, 2.45) is 0 Å². The van der Waals surface area contributed by atoms with E-state index in [1.165, 1.54) is 19.2 Å². The molecular weight excluding hydrogens is 682 g/mol. The summed E-state index contributed by atoms with van der Waals surface area (Å²) >= 11 is 14.0. The molecule has 50 heavy (non-hydrogen) atoms. The maximum atomic E-state index is 14.9. The zero-order chi connectivity index (χ0) is 35.2. The first-order valence-corrected chi connectivity index (χ1v) is 17.2. The lowest BCUT2D eigenvalue weighted by Gasteiger charge is -2.19. The lowest BCUT2D eigenvalue weighted by atomic mass is 10.0. The zero-order valence-corrected chi connectivity index (χ0v) is 29.3. The molecule has 10 nitrogen and oxygen atoms in total. The summed E-state index contributed by atoms with van der Waals surface area (Å²) in [5, 5.41) is 16.6. The van der Waals surface area contributed by atoms with E-state index in [0.29, 0.717) is 94.3 Å². The molecule has 0 radical (unpaired) electrons. The van der Waals surface area contributed by atoms with Crippen LogP contribution in [-0.2, 0) is 22.7 Å². The largest absolute Gasteiger partial charge is 0.496 e. The highest BCUT2D eigenvalue weighted by Crippen LogP contribution is 2.43. The van der Waals surface area contributed by atoms with E-state index in [0.717, 1.165) is 24.0 Å². The second kappa shape index (κ2) is 16.1. The van der Waals surface area contributed by atoms with Gasteiger partial charge in [-0.1, -0.05) is 47.5 Å². The summed E-state index contributed by atoms with van der Waals surface area (Å²) in [6.07, 6.45) is 4.34. The zero-order valence-electron chi connectivity index (χ0n) is 27.8. The molecule has 3 heterocycles. The van der Waals surface area contributed by atoms with Crippen LogP contribution in [0.25, 0.3) is 22.4 Å². The molecule has 4 aromatic rings. The number of methoxy groups -OCH3 is 2. The number of halogens is 3. The maximum absolute atomic E-state index is 14.9. The van der Waals surface area contributed by atoms with Crippen LogP contribution in [0.15, 0.2) is 60.8 Å². The average molecular weight is 722 g/mol. The van der Waals surface area contributed by atoms with E-state index in [1.54, 1.807) is 25.4 Å². The lowest BCUT2D eigenvalue weighted by Crippen LogP contribution is -2.35. The molecule has 0 aliphatic carbocycles. The normalized spacial score (nSPS) is 17.1. The second-order valence-electron chi connectivity index (χ2n) is 12.4. The number of benzene rings is 3. The first kappa shape index (κ1) is 35.4. The van der Waals surface area contributed by atoms with Gasteiger partial charge < -0.3 is 36.1 Å². The third-order valence-corrected chi connectivity index (χ3v) is 9.71. The van der Waals surface area contributed by atoms with Gasteiger partial charge in [0.15, 0.2) is 0 Å². The monoisotopic (exact) mass is 720 g/mol. The fourth-order valence-corrected chi connectivity index (χ4v) is 7.01. The van der Waals surface area contributed by atoms with E-state index in [2.05, 4.69) is 31.6 Å². The van der Waals surface area contributed by atoms with Gasteiger partial charge in [-0.25, -0.2) is 4.39 Å². The number of nitrogens with zero attached hydrogens (tertiary/aromatic N) is 1. The molecule has 1 aromatic heterocycles. The van der Waals surface area contributed by atoms with Crippen molar-refractivity contribution in [3.8, 4) is 33.9 Å². The minimum absolute atomic E-state index is 0.0435. The van der Waals surface area contributed by atoms with E-state index >= 15 is 0 Å². The molecule has 2 saturated heterocycles. The molecule has 13 heteroatoms. The predicted octanol–water partition coefficient (Wildman–Crippen LogP) is 6.36. The van der Waals surface area contributed by atoms with Gasteiger partial charge in [0.25, 0.3) is 0 Å². The first-order chi connectivity index (χ1) is 24.2. The highest BCUT2D eigenvalue weighted by molar-refractivity contribution is 6.39. The Morgan fingerprint density at radius 1 is 0.820 bits per heavy atom. The third kappa shape index (κ3) is 8.13. The Balaban J connectivity index is 1.21. The van der Waals surface area contributed by atoms with Gasteiger partial charge in [-0.2, -0.15) is 0 Å². The topological polar surface area (TPSA) is 126 Å². The quantitative estimate of drug-likeness (QED) is 0.102. The Morgan fingerprint density at radius 2 is 1.50 bits per heavy atom. The summed E-state index contributed by atoms with van der Waals surface area (Å²) < 4.78 is 26.3. The van der Waals surface area contributed by atoms with E-state index < -0.39 is 5.82 Å². The average Bonchev–Trinajstić information content (AvgIpc) is 3.72. The molecular formula is C37H39Cl2FN6O4. The predicted molar refractivity (Wildman–Crippen MR) is 194 cm³/mol. The molecule has 0 saturated carbocycles. The van der Waals surface area contributed by atoms with Crippen LogP contribution in [0.5, 0.6) is 11.5 Å². The van der Waals surface area contributed by atoms with E-state index in [-0.39, 0.29) is 23.9 Å². The van der Waals surface area contributed by atoms with Crippen molar-refractivity contribution >= 4 is 46.4 Å². The summed E-state index contributed by atoms with van der Waals surface area (Å²) in [7, 11) is 3.15. The second-order valence-corrected chi connectivity index (χ2v) is 13.1. The van der Waals surface area contributed by atoms with Gasteiger partial charge in [0, 0.05) is 91.2 Å². The summed E-state index contributed by atoms with van der Waals surface area (Å²) in [5.41, 5.74) is 5.19. The smallest absolute Gasteiger partial charge is 0.220 e. The fourth-order valence-electron chi connectivity index (χ4n) is 6.41. The van der Waals surface area contributed by atoms with Crippen LogP contribution in [0.2, 0.25) is 10.0 Å². The molecule has 6 rings (SSSR count). The first-order valence-electron chi connectivity index (χ1n) is 16.5. The van der Waals surface area contributed by atoms with Crippen molar-refractivity contribution in [2.45, 2.75) is 50.9 Å². The van der Waals surface area contributed by atoms with Crippen LogP contribution in [-0.4, -0.2) is 56.2 Å². The number of hydrogen-bond acceptors (Lipinski definition) is 8. The molecule has 2 aliphatic heterocycles. The minimum Gasteiger partial charge on any atom is -0.496 e. The number of nitrogens with one attached hydrogen (secondary N) is 5.